The number of benzene rings is 2. The summed E-state index contributed by atoms with van der Waals surface area (Å²) in [6.07, 6.45) is 0.716. The molecule has 0 bridgehead atoms. The summed E-state index contributed by atoms with van der Waals surface area (Å²) in [6.45, 7) is 2.10. The minimum atomic E-state index is -3.50. The molecule has 0 unspecified atom stereocenters. The Kier molecular flexibility index (Phi) is 6.98. The predicted molar refractivity (Wildman–Crippen MR) is 100 cm³/mol. The van der Waals surface area contributed by atoms with Gasteiger partial charge in [-0.2, -0.15) is 0 Å². The number of nitrogens with one attached hydrogen (secondary N) is 2. The third-order valence-electron chi connectivity index (χ3n) is 3.17. The number of sulfonamides is 1. The minimum absolute atomic E-state index is 0.160. The molecule has 1 amide bonds. The van der Waals surface area contributed by atoms with Crippen LogP contribution >= 0.6 is 15.9 Å². The number of hydrogen-bond acceptors (Lipinski definition) is 4. The standard InChI is InChI=1S/C17H19BrN2O4S/c1-2-11-19-25(22,23)16-9-7-15(8-10-16)24-12-17(21)20-14-5-3-13(18)4-6-14/h3-10,19H,2,11-12H2,1H3,(H,20,21). The Labute approximate surface area is 155 Å². The van der Waals surface area contributed by atoms with E-state index in [9.17, 15) is 13.2 Å². The third kappa shape index (κ3) is 6.15. The molecule has 2 aromatic carbocycles. The molecule has 0 aliphatic rings. The maximum Gasteiger partial charge on any atom is 0.262 e. The van der Waals surface area contributed by atoms with E-state index in [0.717, 1.165) is 4.47 Å². The van der Waals surface area contributed by atoms with Gasteiger partial charge in [-0.1, -0.05) is 22.9 Å². The normalized spacial score (nSPS) is 11.1. The van der Waals surface area contributed by atoms with Gasteiger partial charge in [0.1, 0.15) is 5.75 Å². The van der Waals surface area contributed by atoms with E-state index in [4.69, 9.17) is 4.74 Å². The lowest BCUT2D eigenvalue weighted by atomic mass is 10.3. The molecule has 0 aliphatic heterocycles. The molecule has 0 radical (unpaired) electrons. The largest absolute Gasteiger partial charge is 0.484 e. The van der Waals surface area contributed by atoms with E-state index < -0.39 is 10.0 Å². The van der Waals surface area contributed by atoms with Gasteiger partial charge in [0, 0.05) is 16.7 Å². The number of hydrogen-bond donors (Lipinski definition) is 2. The molecule has 0 saturated carbocycles. The molecule has 0 heterocycles. The van der Waals surface area contributed by atoms with Crippen molar-refractivity contribution in [2.75, 3.05) is 18.5 Å². The second kappa shape index (κ2) is 8.98. The Balaban J connectivity index is 1.88. The summed E-state index contributed by atoms with van der Waals surface area (Å²) in [4.78, 5) is 12.0. The molecule has 0 saturated heterocycles. The van der Waals surface area contributed by atoms with Crippen molar-refractivity contribution in [1.29, 1.82) is 0 Å². The highest BCUT2D eigenvalue weighted by atomic mass is 79.9. The van der Waals surface area contributed by atoms with E-state index in [-0.39, 0.29) is 17.4 Å². The van der Waals surface area contributed by atoms with E-state index in [1.54, 1.807) is 12.1 Å². The highest BCUT2D eigenvalue weighted by molar-refractivity contribution is 9.10. The summed E-state index contributed by atoms with van der Waals surface area (Å²) < 4.78 is 32.7. The minimum Gasteiger partial charge on any atom is -0.484 e. The van der Waals surface area contributed by atoms with Gasteiger partial charge in [0.2, 0.25) is 10.0 Å². The molecule has 134 valence electrons. The lowest BCUT2D eigenvalue weighted by molar-refractivity contribution is -0.118. The van der Waals surface area contributed by atoms with E-state index >= 15 is 0 Å². The van der Waals surface area contributed by atoms with Crippen molar-refractivity contribution in [3.63, 3.8) is 0 Å². The zero-order valence-electron chi connectivity index (χ0n) is 13.7. The number of carbonyl (C=O) groups is 1. The van der Waals surface area contributed by atoms with Crippen LogP contribution in [0.15, 0.2) is 57.9 Å². The first-order valence-corrected chi connectivity index (χ1v) is 9.96. The number of anilines is 1. The number of halogens is 1. The van der Waals surface area contributed by atoms with Crippen LogP contribution in [-0.4, -0.2) is 27.5 Å². The summed E-state index contributed by atoms with van der Waals surface area (Å²) in [6, 6.07) is 13.1. The molecule has 25 heavy (non-hydrogen) atoms. The summed E-state index contributed by atoms with van der Waals surface area (Å²) in [7, 11) is -3.50. The van der Waals surface area contributed by atoms with Crippen LogP contribution in [0, 0.1) is 0 Å². The Hall–Kier alpha value is -1.90. The molecular formula is C17H19BrN2O4S. The van der Waals surface area contributed by atoms with Crippen LogP contribution in [0.5, 0.6) is 5.75 Å². The Morgan fingerprint density at radius 2 is 1.72 bits per heavy atom. The lowest BCUT2D eigenvalue weighted by Gasteiger charge is -2.09. The third-order valence-corrected chi connectivity index (χ3v) is 5.18. The molecule has 0 aliphatic carbocycles. The van der Waals surface area contributed by atoms with Crippen molar-refractivity contribution in [1.82, 2.24) is 4.72 Å². The highest BCUT2D eigenvalue weighted by Crippen LogP contribution is 2.17. The van der Waals surface area contributed by atoms with Gasteiger partial charge in [-0.05, 0) is 55.0 Å². The number of carbonyl (C=O) groups excluding carboxylic acids is 1. The zero-order valence-corrected chi connectivity index (χ0v) is 16.1. The topological polar surface area (TPSA) is 84.5 Å². The number of amides is 1. The van der Waals surface area contributed by atoms with Crippen LogP contribution in [-0.2, 0) is 14.8 Å². The predicted octanol–water partition coefficient (Wildman–Crippen LogP) is 3.15. The molecule has 2 aromatic rings. The van der Waals surface area contributed by atoms with Gasteiger partial charge in [-0.15, -0.1) is 0 Å². The molecule has 0 aromatic heterocycles. The summed E-state index contributed by atoms with van der Waals surface area (Å²) in [5.41, 5.74) is 0.667. The fourth-order valence-electron chi connectivity index (χ4n) is 1.91. The van der Waals surface area contributed by atoms with E-state index in [2.05, 4.69) is 26.0 Å². The second-order valence-corrected chi connectivity index (χ2v) is 7.90. The van der Waals surface area contributed by atoms with Crippen LogP contribution < -0.4 is 14.8 Å². The summed E-state index contributed by atoms with van der Waals surface area (Å²) in [5.74, 6) is 0.115. The van der Waals surface area contributed by atoms with E-state index in [1.165, 1.54) is 24.3 Å². The van der Waals surface area contributed by atoms with E-state index in [1.807, 2.05) is 19.1 Å². The number of rotatable bonds is 8. The van der Waals surface area contributed by atoms with Crippen molar-refractivity contribution in [3.8, 4) is 5.75 Å². The fraction of sp³-hybridized carbons (Fsp3) is 0.235. The van der Waals surface area contributed by atoms with Gasteiger partial charge in [0.05, 0.1) is 4.90 Å². The Morgan fingerprint density at radius 3 is 2.32 bits per heavy atom. The van der Waals surface area contributed by atoms with Crippen molar-refractivity contribution in [2.45, 2.75) is 18.2 Å². The molecule has 2 rings (SSSR count). The molecule has 0 atom stereocenters. The van der Waals surface area contributed by atoms with Gasteiger partial charge in [-0.25, -0.2) is 13.1 Å². The fourth-order valence-corrected chi connectivity index (χ4v) is 3.31. The first-order chi connectivity index (χ1) is 11.9. The average Bonchev–Trinajstić information content (AvgIpc) is 2.60. The Morgan fingerprint density at radius 1 is 1.08 bits per heavy atom. The molecule has 0 fully saturated rings. The molecule has 0 spiro atoms. The van der Waals surface area contributed by atoms with E-state index in [0.29, 0.717) is 24.4 Å². The van der Waals surface area contributed by atoms with Crippen molar-refractivity contribution in [2.24, 2.45) is 0 Å². The zero-order chi connectivity index (χ0) is 18.3. The van der Waals surface area contributed by atoms with Gasteiger partial charge in [-0.3, -0.25) is 4.79 Å². The maximum atomic E-state index is 12.0. The van der Waals surface area contributed by atoms with Gasteiger partial charge < -0.3 is 10.1 Å². The Bertz CT molecular complexity index is 806. The smallest absolute Gasteiger partial charge is 0.262 e. The van der Waals surface area contributed by atoms with Gasteiger partial charge in [0.15, 0.2) is 6.61 Å². The van der Waals surface area contributed by atoms with Crippen LogP contribution in [0.3, 0.4) is 0 Å². The van der Waals surface area contributed by atoms with Crippen LogP contribution in [0.2, 0.25) is 0 Å². The quantitative estimate of drug-likeness (QED) is 0.678. The molecule has 8 heteroatoms. The maximum absolute atomic E-state index is 12.0. The van der Waals surface area contributed by atoms with Gasteiger partial charge in [0.25, 0.3) is 5.91 Å². The monoisotopic (exact) mass is 426 g/mol. The first kappa shape index (κ1) is 19.4. The van der Waals surface area contributed by atoms with Crippen molar-refractivity contribution in [3.05, 3.63) is 53.0 Å². The summed E-state index contributed by atoms with van der Waals surface area (Å²) in [5, 5.41) is 2.71. The molecule has 6 nitrogen and oxygen atoms in total. The SMILES string of the molecule is CCCNS(=O)(=O)c1ccc(OCC(=O)Nc2ccc(Br)cc2)cc1. The van der Waals surface area contributed by atoms with Crippen LogP contribution in [0.25, 0.3) is 0 Å². The van der Waals surface area contributed by atoms with Gasteiger partial charge >= 0.3 is 0 Å². The van der Waals surface area contributed by atoms with Crippen molar-refractivity contribution >= 4 is 37.5 Å². The second-order valence-electron chi connectivity index (χ2n) is 5.21. The van der Waals surface area contributed by atoms with Crippen LogP contribution in [0.4, 0.5) is 5.69 Å². The molecular weight excluding hydrogens is 408 g/mol. The lowest BCUT2D eigenvalue weighted by Crippen LogP contribution is -2.24. The van der Waals surface area contributed by atoms with Crippen LogP contribution in [0.1, 0.15) is 13.3 Å². The average molecular weight is 427 g/mol. The molecule has 2 N–H and O–H groups in total. The number of ether oxygens (including phenoxy) is 1. The first-order valence-electron chi connectivity index (χ1n) is 7.68. The highest BCUT2D eigenvalue weighted by Gasteiger charge is 2.13. The van der Waals surface area contributed by atoms with Crippen molar-refractivity contribution < 1.29 is 17.9 Å². The summed E-state index contributed by atoms with van der Waals surface area (Å²) >= 11 is 3.32.